The van der Waals surface area contributed by atoms with Gasteiger partial charge in [-0.15, -0.1) is 0 Å². The molecule has 2 aliphatic heterocycles. The summed E-state index contributed by atoms with van der Waals surface area (Å²) in [5, 5.41) is 9.09. The molecular formula is C15H25NO4Si. The van der Waals surface area contributed by atoms with Crippen LogP contribution in [0.3, 0.4) is 0 Å². The first-order chi connectivity index (χ1) is 9.90. The van der Waals surface area contributed by atoms with Crippen LogP contribution in [0.15, 0.2) is 11.8 Å². The second-order valence-electron chi connectivity index (χ2n) is 6.00. The van der Waals surface area contributed by atoms with Crippen LogP contribution in [0.4, 0.5) is 0 Å². The maximum absolute atomic E-state index is 12.3. The SMILES string of the molecule is CC[Si](CC)(CC)O[C@H](C)C1C(=O)N2C(C(=O)O)=CCC12. The van der Waals surface area contributed by atoms with Crippen molar-refractivity contribution in [3.63, 3.8) is 0 Å². The summed E-state index contributed by atoms with van der Waals surface area (Å²) >= 11 is 0. The first-order valence-corrected chi connectivity index (χ1v) is 10.4. The van der Waals surface area contributed by atoms with Crippen LogP contribution in [-0.4, -0.2) is 42.3 Å². The zero-order chi connectivity index (χ0) is 15.8. The number of carbonyl (C=O) groups excluding carboxylic acids is 1. The number of aliphatic carboxylic acids is 1. The van der Waals surface area contributed by atoms with Crippen molar-refractivity contribution < 1.29 is 19.1 Å². The van der Waals surface area contributed by atoms with Gasteiger partial charge in [0.25, 0.3) is 0 Å². The molecule has 0 bridgehead atoms. The van der Waals surface area contributed by atoms with Crippen LogP contribution in [0.5, 0.6) is 0 Å². The first-order valence-electron chi connectivity index (χ1n) is 7.85. The van der Waals surface area contributed by atoms with Crippen molar-refractivity contribution in [3.8, 4) is 0 Å². The molecule has 2 rings (SSSR count). The smallest absolute Gasteiger partial charge is 0.352 e. The summed E-state index contributed by atoms with van der Waals surface area (Å²) < 4.78 is 6.38. The minimum atomic E-state index is -1.74. The maximum Gasteiger partial charge on any atom is 0.352 e. The van der Waals surface area contributed by atoms with Gasteiger partial charge in [-0.1, -0.05) is 26.8 Å². The summed E-state index contributed by atoms with van der Waals surface area (Å²) in [5.74, 6) is -1.29. The van der Waals surface area contributed by atoms with E-state index in [0.717, 1.165) is 18.1 Å². The second kappa shape index (κ2) is 5.92. The molecule has 1 fully saturated rings. The van der Waals surface area contributed by atoms with E-state index in [0.29, 0.717) is 6.42 Å². The summed E-state index contributed by atoms with van der Waals surface area (Å²) in [4.78, 5) is 24.8. The first kappa shape index (κ1) is 16.2. The van der Waals surface area contributed by atoms with Crippen molar-refractivity contribution in [2.45, 2.75) is 64.4 Å². The van der Waals surface area contributed by atoms with Gasteiger partial charge in [0.15, 0.2) is 8.32 Å². The van der Waals surface area contributed by atoms with Crippen molar-refractivity contribution in [2.24, 2.45) is 5.92 Å². The Bertz CT molecular complexity index is 464. The summed E-state index contributed by atoms with van der Waals surface area (Å²) in [5.41, 5.74) is 0.137. The lowest BCUT2D eigenvalue weighted by molar-refractivity contribution is -0.160. The molecular weight excluding hydrogens is 286 g/mol. The molecule has 0 aromatic rings. The Morgan fingerprint density at radius 1 is 1.43 bits per heavy atom. The quantitative estimate of drug-likeness (QED) is 0.580. The number of fused-ring (bicyclic) bond motifs is 1. The molecule has 0 aromatic carbocycles. The van der Waals surface area contributed by atoms with Gasteiger partial charge in [-0.25, -0.2) is 4.79 Å². The molecule has 0 spiro atoms. The molecule has 118 valence electrons. The highest BCUT2D eigenvalue weighted by atomic mass is 28.4. The Morgan fingerprint density at radius 2 is 2.00 bits per heavy atom. The number of carboxylic acid groups (broad SMARTS) is 1. The van der Waals surface area contributed by atoms with Gasteiger partial charge in [-0.05, 0) is 31.5 Å². The number of β-lactam (4-membered cyclic amide) rings is 1. The molecule has 1 amide bonds. The van der Waals surface area contributed by atoms with Crippen LogP contribution in [0, 0.1) is 5.92 Å². The summed E-state index contributed by atoms with van der Waals surface area (Å²) in [6.07, 6.45) is 2.17. The average molecular weight is 311 g/mol. The monoisotopic (exact) mass is 311 g/mol. The van der Waals surface area contributed by atoms with Crippen molar-refractivity contribution >= 4 is 20.2 Å². The third kappa shape index (κ3) is 2.55. The van der Waals surface area contributed by atoms with Crippen molar-refractivity contribution in [1.82, 2.24) is 4.90 Å². The Balaban J connectivity index is 2.05. The number of carboxylic acids is 1. The zero-order valence-corrected chi connectivity index (χ0v) is 14.3. The van der Waals surface area contributed by atoms with Crippen LogP contribution >= 0.6 is 0 Å². The van der Waals surface area contributed by atoms with E-state index in [1.54, 1.807) is 6.08 Å². The van der Waals surface area contributed by atoms with Gasteiger partial charge >= 0.3 is 5.97 Å². The average Bonchev–Trinajstić information content (AvgIpc) is 2.84. The molecule has 0 saturated carbocycles. The molecule has 1 saturated heterocycles. The summed E-state index contributed by atoms with van der Waals surface area (Å²) in [7, 11) is -1.74. The Kier molecular flexibility index (Phi) is 4.58. The largest absolute Gasteiger partial charge is 0.477 e. The fraction of sp³-hybridized carbons (Fsp3) is 0.733. The van der Waals surface area contributed by atoms with E-state index in [4.69, 9.17) is 9.53 Å². The molecule has 2 unspecified atom stereocenters. The Labute approximate surface area is 127 Å². The molecule has 5 nitrogen and oxygen atoms in total. The maximum atomic E-state index is 12.3. The van der Waals surface area contributed by atoms with Gasteiger partial charge in [0.05, 0.1) is 18.1 Å². The van der Waals surface area contributed by atoms with Crippen LogP contribution in [-0.2, 0) is 14.0 Å². The minimum Gasteiger partial charge on any atom is -0.477 e. The highest BCUT2D eigenvalue weighted by Crippen LogP contribution is 2.42. The van der Waals surface area contributed by atoms with Crippen LogP contribution in [0.2, 0.25) is 18.1 Å². The van der Waals surface area contributed by atoms with Crippen molar-refractivity contribution in [3.05, 3.63) is 11.8 Å². The standard InChI is InChI=1S/C15H25NO4Si/c1-5-21(6-2,7-3)20-10(4)13-11-8-9-12(15(18)19)16(11)14(13)17/h9-11,13H,5-8H2,1-4H3,(H,18,19)/t10-,11?,13?/m1/s1. The van der Waals surface area contributed by atoms with Gasteiger partial charge in [-0.3, -0.25) is 4.79 Å². The van der Waals surface area contributed by atoms with Gasteiger partial charge in [0.2, 0.25) is 5.91 Å². The van der Waals surface area contributed by atoms with E-state index in [-0.39, 0.29) is 29.7 Å². The summed E-state index contributed by atoms with van der Waals surface area (Å²) in [6.45, 7) is 8.48. The Morgan fingerprint density at radius 3 is 2.48 bits per heavy atom. The molecule has 2 aliphatic rings. The van der Waals surface area contributed by atoms with E-state index in [2.05, 4.69) is 20.8 Å². The molecule has 0 aliphatic carbocycles. The number of nitrogens with zero attached hydrogens (tertiary/aromatic N) is 1. The topological polar surface area (TPSA) is 66.8 Å². The number of rotatable bonds is 7. The van der Waals surface area contributed by atoms with E-state index < -0.39 is 14.3 Å². The van der Waals surface area contributed by atoms with Crippen LogP contribution in [0.1, 0.15) is 34.1 Å². The van der Waals surface area contributed by atoms with E-state index >= 15 is 0 Å². The fourth-order valence-electron chi connectivity index (χ4n) is 3.62. The van der Waals surface area contributed by atoms with Crippen molar-refractivity contribution in [1.29, 1.82) is 0 Å². The number of amides is 1. The van der Waals surface area contributed by atoms with Crippen molar-refractivity contribution in [2.75, 3.05) is 0 Å². The lowest BCUT2D eigenvalue weighted by atomic mass is 9.83. The fourth-order valence-corrected chi connectivity index (χ4v) is 6.55. The number of carbonyl (C=O) groups is 2. The third-order valence-electron chi connectivity index (χ3n) is 5.17. The molecule has 0 aromatic heterocycles. The molecule has 0 radical (unpaired) electrons. The highest BCUT2D eigenvalue weighted by molar-refractivity contribution is 6.73. The lowest BCUT2D eigenvalue weighted by Crippen LogP contribution is -2.63. The molecule has 6 heteroatoms. The molecule has 3 atom stereocenters. The van der Waals surface area contributed by atoms with E-state index in [1.165, 1.54) is 4.90 Å². The second-order valence-corrected chi connectivity index (χ2v) is 10.7. The van der Waals surface area contributed by atoms with Crippen LogP contribution in [0.25, 0.3) is 0 Å². The molecule has 1 N–H and O–H groups in total. The third-order valence-corrected chi connectivity index (χ3v) is 9.91. The van der Waals surface area contributed by atoms with Gasteiger partial charge in [0, 0.05) is 0 Å². The van der Waals surface area contributed by atoms with E-state index in [1.807, 2.05) is 6.92 Å². The van der Waals surface area contributed by atoms with Gasteiger partial charge in [-0.2, -0.15) is 0 Å². The minimum absolute atomic E-state index is 0.0177. The predicted molar refractivity (Wildman–Crippen MR) is 82.2 cm³/mol. The number of hydrogen-bond acceptors (Lipinski definition) is 3. The number of hydrogen-bond donors (Lipinski definition) is 1. The molecule has 21 heavy (non-hydrogen) atoms. The van der Waals surface area contributed by atoms with Gasteiger partial charge in [0.1, 0.15) is 5.70 Å². The van der Waals surface area contributed by atoms with Crippen LogP contribution < -0.4 is 0 Å². The zero-order valence-electron chi connectivity index (χ0n) is 13.3. The Hall–Kier alpha value is -1.14. The van der Waals surface area contributed by atoms with Gasteiger partial charge < -0.3 is 14.4 Å². The van der Waals surface area contributed by atoms with E-state index in [9.17, 15) is 9.59 Å². The molecule has 2 heterocycles. The summed E-state index contributed by atoms with van der Waals surface area (Å²) in [6, 6.07) is 3.14. The normalized spacial score (nSPS) is 26.2. The predicted octanol–water partition coefficient (Wildman–Crippen LogP) is 2.60. The highest BCUT2D eigenvalue weighted by Gasteiger charge is 2.55. The lowest BCUT2D eigenvalue weighted by Gasteiger charge is -2.47.